The number of hydrogen-bond acceptors (Lipinski definition) is 5. The van der Waals surface area contributed by atoms with Crippen molar-refractivity contribution in [2.75, 3.05) is 5.32 Å². The van der Waals surface area contributed by atoms with E-state index in [0.29, 0.717) is 27.6 Å². The number of carbonyl (C=O) groups is 1. The highest BCUT2D eigenvalue weighted by Gasteiger charge is 2.18. The summed E-state index contributed by atoms with van der Waals surface area (Å²) in [6.45, 7) is 1.83. The monoisotopic (exact) mass is 413 g/mol. The SMILES string of the molecule is Cc1ccc(Cl)cc1C(=O)Nc1cccc(-c2nnc(-c3ccco3)o2)c1Cl. The molecule has 0 bridgehead atoms. The van der Waals surface area contributed by atoms with E-state index in [2.05, 4.69) is 15.5 Å². The van der Waals surface area contributed by atoms with Gasteiger partial charge in [-0.3, -0.25) is 4.79 Å². The van der Waals surface area contributed by atoms with Crippen LogP contribution >= 0.6 is 23.2 Å². The molecule has 0 aliphatic rings. The Morgan fingerprint density at radius 3 is 2.64 bits per heavy atom. The molecular weight excluding hydrogens is 401 g/mol. The molecule has 140 valence electrons. The third-order valence-corrected chi connectivity index (χ3v) is 4.72. The van der Waals surface area contributed by atoms with Gasteiger partial charge in [-0.25, -0.2) is 0 Å². The Morgan fingerprint density at radius 2 is 1.86 bits per heavy atom. The third-order valence-electron chi connectivity index (χ3n) is 4.08. The van der Waals surface area contributed by atoms with Crippen molar-refractivity contribution in [2.24, 2.45) is 0 Å². The van der Waals surface area contributed by atoms with E-state index in [4.69, 9.17) is 32.0 Å². The average molecular weight is 414 g/mol. The number of benzene rings is 2. The number of carbonyl (C=O) groups excluding carboxylic acids is 1. The van der Waals surface area contributed by atoms with Crippen LogP contribution in [0.5, 0.6) is 0 Å². The number of amides is 1. The quantitative estimate of drug-likeness (QED) is 0.452. The van der Waals surface area contributed by atoms with Gasteiger partial charge in [0.05, 0.1) is 22.5 Å². The van der Waals surface area contributed by atoms with Crippen LogP contribution in [0.1, 0.15) is 15.9 Å². The molecule has 8 heteroatoms. The third kappa shape index (κ3) is 3.52. The summed E-state index contributed by atoms with van der Waals surface area (Å²) in [7, 11) is 0. The fourth-order valence-electron chi connectivity index (χ4n) is 2.65. The summed E-state index contributed by atoms with van der Waals surface area (Å²) in [6.07, 6.45) is 1.51. The van der Waals surface area contributed by atoms with Crippen LogP contribution in [0.2, 0.25) is 10.0 Å². The number of halogens is 2. The first kappa shape index (κ1) is 18.3. The second kappa shape index (κ2) is 7.50. The minimum Gasteiger partial charge on any atom is -0.459 e. The van der Waals surface area contributed by atoms with E-state index in [1.807, 2.05) is 6.92 Å². The molecule has 4 rings (SSSR count). The fourth-order valence-corrected chi connectivity index (χ4v) is 3.08. The molecule has 0 unspecified atom stereocenters. The van der Waals surface area contributed by atoms with Gasteiger partial charge in [-0.1, -0.05) is 35.3 Å². The Balaban J connectivity index is 1.64. The van der Waals surface area contributed by atoms with Crippen molar-refractivity contribution >= 4 is 34.8 Å². The van der Waals surface area contributed by atoms with E-state index in [-0.39, 0.29) is 22.7 Å². The van der Waals surface area contributed by atoms with Crippen LogP contribution in [0.15, 0.2) is 63.6 Å². The van der Waals surface area contributed by atoms with Gasteiger partial charge in [0.1, 0.15) is 0 Å². The van der Waals surface area contributed by atoms with Crippen LogP contribution in [-0.2, 0) is 0 Å². The zero-order chi connectivity index (χ0) is 19.7. The number of nitrogens with one attached hydrogen (secondary N) is 1. The lowest BCUT2D eigenvalue weighted by atomic mass is 10.1. The maximum Gasteiger partial charge on any atom is 0.283 e. The van der Waals surface area contributed by atoms with Gasteiger partial charge in [0.15, 0.2) is 5.76 Å². The molecule has 0 radical (unpaired) electrons. The molecule has 2 heterocycles. The molecule has 1 amide bonds. The number of furan rings is 1. The van der Waals surface area contributed by atoms with Crippen LogP contribution < -0.4 is 5.32 Å². The van der Waals surface area contributed by atoms with Crippen molar-refractivity contribution < 1.29 is 13.6 Å². The standard InChI is InChI=1S/C20H13Cl2N3O3/c1-11-7-8-12(21)10-14(11)18(26)23-15-5-2-4-13(17(15)22)19-24-25-20(28-19)16-6-3-9-27-16/h2-10H,1H3,(H,23,26). The summed E-state index contributed by atoms with van der Waals surface area (Å²) in [5.74, 6) is 0.586. The second-order valence-corrected chi connectivity index (χ2v) is 6.78. The zero-order valence-corrected chi connectivity index (χ0v) is 16.1. The highest BCUT2D eigenvalue weighted by atomic mass is 35.5. The number of aromatic nitrogens is 2. The molecule has 0 aliphatic carbocycles. The van der Waals surface area contributed by atoms with Crippen molar-refractivity contribution in [1.82, 2.24) is 10.2 Å². The number of rotatable bonds is 4. The Bertz CT molecular complexity index is 1150. The van der Waals surface area contributed by atoms with Crippen molar-refractivity contribution in [1.29, 1.82) is 0 Å². The minimum absolute atomic E-state index is 0.214. The van der Waals surface area contributed by atoms with Crippen LogP contribution in [0, 0.1) is 6.92 Å². The minimum atomic E-state index is -0.319. The molecule has 2 aromatic carbocycles. The second-order valence-electron chi connectivity index (χ2n) is 5.97. The topological polar surface area (TPSA) is 81.2 Å². The first-order chi connectivity index (χ1) is 13.5. The van der Waals surface area contributed by atoms with Crippen molar-refractivity contribution in [2.45, 2.75) is 6.92 Å². The number of aryl methyl sites for hydroxylation is 1. The van der Waals surface area contributed by atoms with Crippen LogP contribution in [0.4, 0.5) is 5.69 Å². The Kier molecular flexibility index (Phi) is 4.90. The molecule has 2 aromatic heterocycles. The Labute approximate surface area is 170 Å². The molecule has 0 fully saturated rings. The van der Waals surface area contributed by atoms with E-state index >= 15 is 0 Å². The molecule has 0 spiro atoms. The van der Waals surface area contributed by atoms with Crippen molar-refractivity contribution in [3.8, 4) is 23.1 Å². The lowest BCUT2D eigenvalue weighted by Gasteiger charge is -2.11. The summed E-state index contributed by atoms with van der Waals surface area (Å²) in [4.78, 5) is 12.7. The van der Waals surface area contributed by atoms with E-state index in [0.717, 1.165) is 5.56 Å². The average Bonchev–Trinajstić information content (AvgIpc) is 3.36. The van der Waals surface area contributed by atoms with Gasteiger partial charge in [0, 0.05) is 10.6 Å². The van der Waals surface area contributed by atoms with Crippen LogP contribution in [0.25, 0.3) is 23.1 Å². The van der Waals surface area contributed by atoms with Crippen molar-refractivity contribution in [3.05, 3.63) is 76.0 Å². The number of nitrogens with zero attached hydrogens (tertiary/aromatic N) is 2. The number of hydrogen-bond donors (Lipinski definition) is 1. The molecule has 28 heavy (non-hydrogen) atoms. The molecule has 0 saturated carbocycles. The van der Waals surface area contributed by atoms with E-state index in [1.165, 1.54) is 6.26 Å². The molecule has 6 nitrogen and oxygen atoms in total. The summed E-state index contributed by atoms with van der Waals surface area (Å²) in [6, 6.07) is 13.7. The molecular formula is C20H13Cl2N3O3. The lowest BCUT2D eigenvalue weighted by molar-refractivity contribution is 0.102. The normalized spacial score (nSPS) is 10.8. The molecule has 4 aromatic rings. The summed E-state index contributed by atoms with van der Waals surface area (Å²) in [5, 5.41) is 11.5. The van der Waals surface area contributed by atoms with Gasteiger partial charge in [0.2, 0.25) is 5.89 Å². The van der Waals surface area contributed by atoms with Gasteiger partial charge in [-0.15, -0.1) is 10.2 Å². The van der Waals surface area contributed by atoms with E-state index in [1.54, 1.807) is 48.5 Å². The van der Waals surface area contributed by atoms with Crippen molar-refractivity contribution in [3.63, 3.8) is 0 Å². The Hall–Kier alpha value is -3.09. The molecule has 1 N–H and O–H groups in total. The summed E-state index contributed by atoms with van der Waals surface area (Å²) in [5.41, 5.74) is 2.18. The van der Waals surface area contributed by atoms with E-state index < -0.39 is 0 Å². The largest absolute Gasteiger partial charge is 0.459 e. The lowest BCUT2D eigenvalue weighted by Crippen LogP contribution is -2.13. The fraction of sp³-hybridized carbons (Fsp3) is 0.0500. The summed E-state index contributed by atoms with van der Waals surface area (Å²) < 4.78 is 10.9. The highest BCUT2D eigenvalue weighted by molar-refractivity contribution is 6.36. The van der Waals surface area contributed by atoms with Gasteiger partial charge in [0.25, 0.3) is 11.8 Å². The van der Waals surface area contributed by atoms with Gasteiger partial charge >= 0.3 is 0 Å². The predicted molar refractivity (Wildman–Crippen MR) is 107 cm³/mol. The first-order valence-electron chi connectivity index (χ1n) is 8.26. The highest BCUT2D eigenvalue weighted by Crippen LogP contribution is 2.34. The van der Waals surface area contributed by atoms with E-state index in [9.17, 15) is 4.79 Å². The van der Waals surface area contributed by atoms with Gasteiger partial charge in [-0.05, 0) is 48.9 Å². The predicted octanol–water partition coefficient (Wildman–Crippen LogP) is 5.86. The van der Waals surface area contributed by atoms with Crippen LogP contribution in [0.3, 0.4) is 0 Å². The maximum atomic E-state index is 12.7. The first-order valence-corrected chi connectivity index (χ1v) is 9.02. The smallest absolute Gasteiger partial charge is 0.283 e. The number of anilines is 1. The Morgan fingerprint density at radius 1 is 1.04 bits per heavy atom. The maximum absolute atomic E-state index is 12.7. The zero-order valence-electron chi connectivity index (χ0n) is 14.6. The molecule has 0 aliphatic heterocycles. The van der Waals surface area contributed by atoms with Crippen LogP contribution in [-0.4, -0.2) is 16.1 Å². The molecule has 0 atom stereocenters. The van der Waals surface area contributed by atoms with Gasteiger partial charge < -0.3 is 14.2 Å². The summed E-state index contributed by atoms with van der Waals surface area (Å²) >= 11 is 12.5. The van der Waals surface area contributed by atoms with Gasteiger partial charge in [-0.2, -0.15) is 0 Å². The molecule has 0 saturated heterocycles.